The third-order valence-electron chi connectivity index (χ3n) is 5.07. The van der Waals surface area contributed by atoms with Gasteiger partial charge in [0, 0.05) is 0 Å². The molecule has 1 aliphatic carbocycles. The van der Waals surface area contributed by atoms with Crippen molar-refractivity contribution in [3.05, 3.63) is 0 Å². The second-order valence-electron chi connectivity index (χ2n) is 7.18. The van der Waals surface area contributed by atoms with Gasteiger partial charge in [0.15, 0.2) is 0 Å². The third-order valence-corrected chi connectivity index (χ3v) is 6.87. The topological polar surface area (TPSA) is 0 Å². The maximum Gasteiger partial charge on any atom is -0.0237 e. The van der Waals surface area contributed by atoms with Crippen molar-refractivity contribution in [2.75, 3.05) is 6.16 Å². The Morgan fingerprint density at radius 2 is 1.10 bits per heavy atom. The summed E-state index contributed by atoms with van der Waals surface area (Å²) in [5.74, 6) is 0. The molecule has 0 aliphatic heterocycles. The summed E-state index contributed by atoms with van der Waals surface area (Å²) in [5.41, 5.74) is 1.10. The van der Waals surface area contributed by atoms with E-state index in [9.17, 15) is 0 Å². The van der Waals surface area contributed by atoms with Crippen LogP contribution in [0, 0.1) is 0 Å². The maximum absolute atomic E-state index is 2.31. The van der Waals surface area contributed by atoms with E-state index in [0.717, 1.165) is 5.66 Å². The van der Waals surface area contributed by atoms with Gasteiger partial charge in [0.2, 0.25) is 0 Å². The number of hydrogen-bond acceptors (Lipinski definition) is 0. The third kappa shape index (κ3) is 12.6. The minimum Gasteiger partial charge on any atom is -0.119 e. The van der Waals surface area contributed by atoms with Crippen molar-refractivity contribution in [3.8, 4) is 0 Å². The van der Waals surface area contributed by atoms with Crippen molar-refractivity contribution < 1.29 is 0 Å². The van der Waals surface area contributed by atoms with Crippen molar-refractivity contribution >= 4 is 8.58 Å². The van der Waals surface area contributed by atoms with Crippen LogP contribution in [0.3, 0.4) is 0 Å². The Labute approximate surface area is 137 Å². The molecule has 0 aromatic heterocycles. The van der Waals surface area contributed by atoms with Crippen molar-refractivity contribution in [3.63, 3.8) is 0 Å². The summed E-state index contributed by atoms with van der Waals surface area (Å²) < 4.78 is 0. The smallest absolute Gasteiger partial charge is 0.0237 e. The highest BCUT2D eigenvalue weighted by Gasteiger charge is 2.09. The van der Waals surface area contributed by atoms with E-state index in [1.165, 1.54) is 105 Å². The second-order valence-corrected chi connectivity index (χ2v) is 8.90. The lowest BCUT2D eigenvalue weighted by atomic mass is 10.1. The minimum absolute atomic E-state index is 1.10. The van der Waals surface area contributed by atoms with Gasteiger partial charge in [-0.25, -0.2) is 0 Å². The van der Waals surface area contributed by atoms with Crippen LogP contribution in [0.15, 0.2) is 0 Å². The standard InChI is InChI=1S/C20H41P/c1-2-3-4-5-10-13-16-19-21-20-17-14-11-8-6-7-9-12-15-18-20/h20-21H,2-19H2,1H3. The average molecular weight is 313 g/mol. The number of unbranched alkanes of at least 4 members (excludes halogenated alkanes) is 6. The highest BCUT2D eigenvalue weighted by atomic mass is 31.1. The maximum atomic E-state index is 2.31. The molecule has 0 aromatic rings. The molecule has 0 heterocycles. The van der Waals surface area contributed by atoms with Crippen LogP contribution in [0.2, 0.25) is 0 Å². The summed E-state index contributed by atoms with van der Waals surface area (Å²) >= 11 is 0. The predicted octanol–water partition coefficient (Wildman–Crippen LogP) is 7.70. The highest BCUT2D eigenvalue weighted by molar-refractivity contribution is 7.38. The first kappa shape index (κ1) is 19.5. The van der Waals surface area contributed by atoms with E-state index in [4.69, 9.17) is 0 Å². The Morgan fingerprint density at radius 3 is 1.67 bits per heavy atom. The summed E-state index contributed by atoms with van der Waals surface area (Å²) in [6.07, 6.45) is 27.0. The normalized spacial score (nSPS) is 19.9. The molecule has 0 amide bonds. The Kier molecular flexibility index (Phi) is 14.2. The molecule has 0 spiro atoms. The van der Waals surface area contributed by atoms with E-state index in [-0.39, 0.29) is 0 Å². The zero-order valence-corrected chi connectivity index (χ0v) is 15.8. The Balaban J connectivity index is 1.99. The molecule has 1 unspecified atom stereocenters. The van der Waals surface area contributed by atoms with Gasteiger partial charge in [0.05, 0.1) is 0 Å². The Hall–Kier alpha value is 0.430. The first-order valence-electron chi connectivity index (χ1n) is 10.2. The molecule has 0 aromatic carbocycles. The molecule has 1 atom stereocenters. The van der Waals surface area contributed by atoms with E-state index in [1.54, 1.807) is 19.0 Å². The zero-order valence-electron chi connectivity index (χ0n) is 14.8. The lowest BCUT2D eigenvalue weighted by Crippen LogP contribution is -2.02. The van der Waals surface area contributed by atoms with Gasteiger partial charge in [-0.2, -0.15) is 0 Å². The molecule has 0 saturated heterocycles. The van der Waals surface area contributed by atoms with Crippen LogP contribution in [0.5, 0.6) is 0 Å². The molecule has 1 heteroatoms. The van der Waals surface area contributed by atoms with E-state index in [2.05, 4.69) is 6.92 Å². The molecule has 126 valence electrons. The van der Waals surface area contributed by atoms with E-state index in [1.807, 2.05) is 0 Å². The van der Waals surface area contributed by atoms with E-state index < -0.39 is 0 Å². The summed E-state index contributed by atoms with van der Waals surface area (Å²) in [5, 5.41) is 0. The lowest BCUT2D eigenvalue weighted by molar-refractivity contribution is 0.585. The molecule has 0 bridgehead atoms. The Morgan fingerprint density at radius 1 is 0.619 bits per heavy atom. The van der Waals surface area contributed by atoms with Gasteiger partial charge in [-0.1, -0.05) is 96.8 Å². The summed E-state index contributed by atoms with van der Waals surface area (Å²) in [6, 6.07) is 0. The predicted molar refractivity (Wildman–Crippen MR) is 101 cm³/mol. The fraction of sp³-hybridized carbons (Fsp3) is 1.00. The SMILES string of the molecule is CCCCCCCCCPC1CCCCCCCCCC1. The fourth-order valence-corrected chi connectivity index (χ4v) is 5.26. The largest absolute Gasteiger partial charge is 0.119 e. The monoisotopic (exact) mass is 312 g/mol. The highest BCUT2D eigenvalue weighted by Crippen LogP contribution is 2.31. The van der Waals surface area contributed by atoms with E-state index >= 15 is 0 Å². The van der Waals surface area contributed by atoms with Gasteiger partial charge in [0.25, 0.3) is 0 Å². The molecule has 1 saturated carbocycles. The van der Waals surface area contributed by atoms with Crippen LogP contribution < -0.4 is 0 Å². The number of hydrogen-bond donors (Lipinski definition) is 0. The van der Waals surface area contributed by atoms with Crippen LogP contribution >= 0.6 is 8.58 Å². The molecule has 21 heavy (non-hydrogen) atoms. The van der Waals surface area contributed by atoms with Crippen molar-refractivity contribution in [2.24, 2.45) is 0 Å². The number of rotatable bonds is 9. The molecular formula is C20H41P. The van der Waals surface area contributed by atoms with Gasteiger partial charge in [-0.05, 0) is 31.1 Å². The van der Waals surface area contributed by atoms with Gasteiger partial charge >= 0.3 is 0 Å². The minimum atomic E-state index is 1.10. The first-order valence-corrected chi connectivity index (χ1v) is 11.5. The van der Waals surface area contributed by atoms with Crippen LogP contribution in [0.25, 0.3) is 0 Å². The first-order chi connectivity index (χ1) is 10.4. The molecule has 1 fully saturated rings. The van der Waals surface area contributed by atoms with Crippen molar-refractivity contribution in [2.45, 2.75) is 122 Å². The second kappa shape index (κ2) is 15.3. The summed E-state index contributed by atoms with van der Waals surface area (Å²) in [6.45, 7) is 2.31. The van der Waals surface area contributed by atoms with Crippen LogP contribution in [0.4, 0.5) is 0 Å². The summed E-state index contributed by atoms with van der Waals surface area (Å²) in [7, 11) is 1.28. The van der Waals surface area contributed by atoms with Gasteiger partial charge in [-0.15, -0.1) is 8.58 Å². The molecule has 0 nitrogen and oxygen atoms in total. The van der Waals surface area contributed by atoms with Gasteiger partial charge in [0.1, 0.15) is 0 Å². The summed E-state index contributed by atoms with van der Waals surface area (Å²) in [4.78, 5) is 0. The molecular weight excluding hydrogens is 271 g/mol. The van der Waals surface area contributed by atoms with Crippen molar-refractivity contribution in [1.29, 1.82) is 0 Å². The zero-order chi connectivity index (χ0) is 15.0. The average Bonchev–Trinajstić information content (AvgIpc) is 2.56. The van der Waals surface area contributed by atoms with Crippen LogP contribution in [-0.4, -0.2) is 11.8 Å². The van der Waals surface area contributed by atoms with Crippen LogP contribution in [-0.2, 0) is 0 Å². The quantitative estimate of drug-likeness (QED) is 0.302. The van der Waals surface area contributed by atoms with Gasteiger partial charge < -0.3 is 0 Å². The Bertz CT molecular complexity index is 190. The fourth-order valence-electron chi connectivity index (χ4n) is 3.58. The molecule has 1 rings (SSSR count). The van der Waals surface area contributed by atoms with E-state index in [0.29, 0.717) is 0 Å². The molecule has 0 N–H and O–H groups in total. The van der Waals surface area contributed by atoms with Crippen molar-refractivity contribution in [1.82, 2.24) is 0 Å². The lowest BCUT2D eigenvalue weighted by Gasteiger charge is -2.16. The van der Waals surface area contributed by atoms with Gasteiger partial charge in [-0.3, -0.25) is 0 Å². The molecule has 1 aliphatic rings. The molecule has 0 radical (unpaired) electrons. The van der Waals surface area contributed by atoms with Crippen LogP contribution in [0.1, 0.15) is 116 Å².